The Balaban J connectivity index is -0.0000000145. The third-order valence-electron chi connectivity index (χ3n) is 0. The summed E-state index contributed by atoms with van der Waals surface area (Å²) in [6.45, 7) is 0. The van der Waals surface area contributed by atoms with Gasteiger partial charge in [0, 0.05) is 0 Å². The Morgan fingerprint density at radius 3 is 0.571 bits per heavy atom. The van der Waals surface area contributed by atoms with Crippen LogP contribution in [-0.2, 0) is 39.3 Å². The van der Waals surface area contributed by atoms with Gasteiger partial charge in [-0.25, -0.2) is 0 Å². The molecule has 0 saturated heterocycles. The maximum absolute atomic E-state index is 8.24. The molecule has 0 aliphatic rings. The van der Waals surface area contributed by atoms with Crippen LogP contribution in [0.3, 0.4) is 0 Å². The van der Waals surface area contributed by atoms with Crippen molar-refractivity contribution in [2.24, 2.45) is 0 Å². The van der Waals surface area contributed by atoms with Gasteiger partial charge in [0.25, 0.3) is 0 Å². The van der Waals surface area contributed by atoms with E-state index < -0.39 is 0 Å². The molecule has 0 spiro atoms. The molecule has 0 aliphatic heterocycles. The summed E-state index contributed by atoms with van der Waals surface area (Å²) in [6, 6.07) is 0. The summed E-state index contributed by atoms with van der Waals surface area (Å²) in [5, 5.41) is 27.1. The van der Waals surface area contributed by atoms with Crippen molar-refractivity contribution in [3.63, 3.8) is 0 Å². The van der Waals surface area contributed by atoms with E-state index in [1.165, 1.54) is 0 Å². The minimum Gasteiger partial charge on any atom is -0.724 e. The molecule has 0 rings (SSSR count). The van der Waals surface area contributed by atoms with Gasteiger partial charge in [0.2, 0.25) is 0 Å². The van der Waals surface area contributed by atoms with Crippen LogP contribution in [-0.4, -0.2) is 24.3 Å². The SMILES string of the molecule is [Ir+3].[K+].[N-]=C=O.[N-]=C=O.[N-]=C=O.[N-]=C=O. The van der Waals surface area contributed by atoms with Crippen LogP contribution >= 0.6 is 0 Å². The van der Waals surface area contributed by atoms with Gasteiger partial charge < -0.3 is 21.6 Å². The normalized spacial score (nSPS) is 2.29. The third-order valence-corrected chi connectivity index (χ3v) is 0. The van der Waals surface area contributed by atoms with Gasteiger partial charge >= 0.3 is 71.5 Å². The maximum atomic E-state index is 8.24. The molecule has 0 aromatic carbocycles. The quantitative estimate of drug-likeness (QED) is 0.236. The molecule has 0 amide bonds. The molecule has 0 bridgehead atoms. The van der Waals surface area contributed by atoms with E-state index in [0.29, 0.717) is 24.3 Å². The van der Waals surface area contributed by atoms with Crippen molar-refractivity contribution in [2.75, 3.05) is 0 Å². The molecule has 10 heteroatoms. The molecule has 0 N–H and O–H groups in total. The zero-order valence-corrected chi connectivity index (χ0v) is 12.3. The molecule has 8 nitrogen and oxygen atoms in total. The number of carbonyl (C=O) groups excluding carboxylic acids is 4. The molecule has 0 unspecified atom stereocenters. The molecular formula is C4IrKN4O4. The second kappa shape index (κ2) is 123. The summed E-state index contributed by atoms with van der Waals surface area (Å²) < 4.78 is 0. The van der Waals surface area contributed by atoms with E-state index >= 15 is 0 Å². The largest absolute Gasteiger partial charge is 3.00 e. The average molecular weight is 399 g/mol. The monoisotopic (exact) mass is 400 g/mol. The molecule has 0 aromatic rings. The van der Waals surface area contributed by atoms with Gasteiger partial charge in [-0.1, -0.05) is 0 Å². The molecule has 0 atom stereocenters. The fourth-order valence-corrected chi connectivity index (χ4v) is 0. The second-order valence-corrected chi connectivity index (χ2v) is 0.365. The van der Waals surface area contributed by atoms with Gasteiger partial charge in [0.15, 0.2) is 0 Å². The topological polar surface area (TPSA) is 157 Å². The van der Waals surface area contributed by atoms with E-state index in [4.69, 9.17) is 40.8 Å². The van der Waals surface area contributed by atoms with Crippen LogP contribution in [0.5, 0.6) is 0 Å². The Morgan fingerprint density at radius 1 is 0.571 bits per heavy atom. The van der Waals surface area contributed by atoms with Crippen molar-refractivity contribution in [1.82, 2.24) is 0 Å². The molecule has 0 aliphatic carbocycles. The zero-order valence-electron chi connectivity index (χ0n) is 6.76. The molecule has 0 fully saturated rings. The van der Waals surface area contributed by atoms with Crippen LogP contribution in [0, 0.1) is 0 Å². The van der Waals surface area contributed by atoms with Crippen molar-refractivity contribution in [2.45, 2.75) is 0 Å². The molecule has 0 radical (unpaired) electrons. The molecule has 0 heterocycles. The third kappa shape index (κ3) is 36500. The molecular weight excluding hydrogens is 399 g/mol. The summed E-state index contributed by atoms with van der Waals surface area (Å²) in [5.41, 5.74) is 0. The van der Waals surface area contributed by atoms with Gasteiger partial charge in [-0.05, 0) is 24.3 Å². The number of isocyanates is 4. The zero-order chi connectivity index (χ0) is 10.8. The molecule has 0 aromatic heterocycles. The van der Waals surface area contributed by atoms with Crippen molar-refractivity contribution >= 4 is 24.3 Å². The van der Waals surface area contributed by atoms with Crippen molar-refractivity contribution in [3.8, 4) is 0 Å². The predicted molar refractivity (Wildman–Crippen MR) is 36.2 cm³/mol. The predicted octanol–water partition coefficient (Wildman–Crippen LogP) is -3.43. The van der Waals surface area contributed by atoms with Crippen LogP contribution < -0.4 is 51.4 Å². The van der Waals surface area contributed by atoms with E-state index in [1.807, 2.05) is 0 Å². The van der Waals surface area contributed by atoms with Crippen molar-refractivity contribution < 1.29 is 90.7 Å². The fraction of sp³-hybridized carbons (Fsp3) is 0. The Morgan fingerprint density at radius 2 is 0.571 bits per heavy atom. The van der Waals surface area contributed by atoms with E-state index in [2.05, 4.69) is 0 Å². The minimum absolute atomic E-state index is 0. The summed E-state index contributed by atoms with van der Waals surface area (Å²) >= 11 is 0. The Hall–Kier alpha value is -0.194. The maximum Gasteiger partial charge on any atom is 3.00 e. The minimum atomic E-state index is 0. The standard InChI is InChI=1S/4CNO.Ir.K/c4*2-1-3;;/q4*-1;+3;+1. The summed E-state index contributed by atoms with van der Waals surface area (Å²) in [5.74, 6) is 0. The van der Waals surface area contributed by atoms with Crippen LogP contribution in [0.4, 0.5) is 0 Å². The number of hydrogen-bond acceptors (Lipinski definition) is 4. The number of hydrogen-bond donors (Lipinski definition) is 0. The Kier molecular flexibility index (Phi) is 327. The van der Waals surface area contributed by atoms with Crippen molar-refractivity contribution in [3.05, 3.63) is 21.6 Å². The van der Waals surface area contributed by atoms with Crippen LogP contribution in [0.2, 0.25) is 0 Å². The Labute approximate surface area is 135 Å². The summed E-state index contributed by atoms with van der Waals surface area (Å²) in [6.07, 6.45) is 2.00. The van der Waals surface area contributed by atoms with Gasteiger partial charge in [-0.3, -0.25) is 19.2 Å². The molecule has 0 saturated carbocycles. The first-order valence-electron chi connectivity index (χ1n) is 1.71. The van der Waals surface area contributed by atoms with E-state index in [1.54, 1.807) is 0 Å². The number of nitrogens with zero attached hydrogens (tertiary/aromatic N) is 4. The molecule has 70 valence electrons. The van der Waals surface area contributed by atoms with Crippen LogP contribution in [0.15, 0.2) is 0 Å². The van der Waals surface area contributed by atoms with Crippen LogP contribution in [0.1, 0.15) is 0 Å². The van der Waals surface area contributed by atoms with E-state index in [-0.39, 0.29) is 71.5 Å². The first-order valence-corrected chi connectivity index (χ1v) is 1.71. The van der Waals surface area contributed by atoms with E-state index in [0.717, 1.165) is 0 Å². The smallest absolute Gasteiger partial charge is 0.724 e. The first kappa shape index (κ1) is 37.2. The summed E-state index contributed by atoms with van der Waals surface area (Å²) in [4.78, 5) is 32.9. The average Bonchev–Trinajstić information content (AvgIpc) is 1.92. The number of rotatable bonds is 0. The van der Waals surface area contributed by atoms with Gasteiger partial charge in [-0.15, -0.1) is 0 Å². The fourth-order valence-electron chi connectivity index (χ4n) is 0. The summed E-state index contributed by atoms with van der Waals surface area (Å²) in [7, 11) is 0. The first-order chi connectivity index (χ1) is 5.66. The van der Waals surface area contributed by atoms with E-state index in [9.17, 15) is 0 Å². The molecule has 14 heavy (non-hydrogen) atoms. The van der Waals surface area contributed by atoms with Crippen molar-refractivity contribution in [1.29, 1.82) is 0 Å². The van der Waals surface area contributed by atoms with Gasteiger partial charge in [-0.2, -0.15) is 0 Å². The van der Waals surface area contributed by atoms with Crippen LogP contribution in [0.25, 0.3) is 21.6 Å². The second-order valence-electron chi connectivity index (χ2n) is 0.365. The van der Waals surface area contributed by atoms with Gasteiger partial charge in [0.05, 0.1) is 0 Å². The Bertz CT molecular complexity index is 161. The van der Waals surface area contributed by atoms with Gasteiger partial charge in [0.1, 0.15) is 0 Å².